The molecule has 2 nitrogen and oxygen atoms in total. The number of rotatable bonds is 3. The number of hydrogen-bond donors (Lipinski definition) is 1. The van der Waals surface area contributed by atoms with Gasteiger partial charge in [-0.2, -0.15) is 0 Å². The van der Waals surface area contributed by atoms with E-state index in [0.717, 1.165) is 22.1 Å². The Morgan fingerprint density at radius 1 is 1.26 bits per heavy atom. The van der Waals surface area contributed by atoms with E-state index >= 15 is 0 Å². The second kappa shape index (κ2) is 4.62. The lowest BCUT2D eigenvalue weighted by Gasteiger charge is -2.09. The summed E-state index contributed by atoms with van der Waals surface area (Å²) >= 11 is 3.46. The number of halogens is 1. The van der Waals surface area contributed by atoms with E-state index < -0.39 is 0 Å². The van der Waals surface area contributed by atoms with E-state index in [9.17, 15) is 4.79 Å². The first-order chi connectivity index (χ1) is 8.69. The summed E-state index contributed by atoms with van der Waals surface area (Å²) in [5.74, 6) is 0.578. The van der Waals surface area contributed by atoms with Crippen LogP contribution in [0.4, 0.5) is 0 Å². The molecule has 1 saturated carbocycles. The first-order valence-corrected chi connectivity index (χ1v) is 7.52. The maximum absolute atomic E-state index is 12.2. The Bertz CT molecular complexity index is 505. The molecule has 0 aliphatic heterocycles. The van der Waals surface area contributed by atoms with Gasteiger partial charge in [-0.05, 0) is 41.4 Å². The Kier molecular flexibility index (Phi) is 3.54. The number of benzene rings is 1. The van der Waals surface area contributed by atoms with Crippen LogP contribution in [0.25, 0.3) is 0 Å². The normalized spacial score (nSPS) is 20.1. The largest absolute Gasteiger partial charge is 0.352 e. The van der Waals surface area contributed by atoms with Crippen LogP contribution in [0.5, 0.6) is 0 Å². The molecule has 1 N–H and O–H groups in total. The van der Waals surface area contributed by atoms with E-state index in [1.165, 1.54) is 0 Å². The van der Waals surface area contributed by atoms with Gasteiger partial charge in [-0.1, -0.05) is 49.7 Å². The van der Waals surface area contributed by atoms with Crippen LogP contribution in [-0.4, -0.2) is 12.5 Å². The first-order valence-electron chi connectivity index (χ1n) is 6.73. The zero-order valence-electron chi connectivity index (χ0n) is 12.3. The Hall–Kier alpha value is -0.830. The molecule has 2 rings (SSSR count). The Balaban J connectivity index is 2.02. The van der Waals surface area contributed by atoms with Crippen molar-refractivity contribution in [3.8, 4) is 0 Å². The van der Waals surface area contributed by atoms with E-state index in [1.807, 2.05) is 25.1 Å². The molecule has 1 amide bonds. The second-order valence-corrected chi connectivity index (χ2v) is 7.47. The summed E-state index contributed by atoms with van der Waals surface area (Å²) in [7, 11) is 0. The van der Waals surface area contributed by atoms with Gasteiger partial charge >= 0.3 is 0 Å². The number of nitrogens with one attached hydrogen (secondary N) is 1. The van der Waals surface area contributed by atoms with Crippen LogP contribution >= 0.6 is 15.9 Å². The fraction of sp³-hybridized carbons (Fsp3) is 0.562. The molecule has 1 aromatic rings. The molecule has 0 saturated heterocycles. The lowest BCUT2D eigenvalue weighted by atomic mass is 10.0. The number of hydrogen-bond acceptors (Lipinski definition) is 1. The van der Waals surface area contributed by atoms with Gasteiger partial charge in [-0.15, -0.1) is 0 Å². The molecule has 0 aromatic heterocycles. The highest BCUT2D eigenvalue weighted by atomic mass is 79.9. The van der Waals surface area contributed by atoms with Gasteiger partial charge in [-0.25, -0.2) is 0 Å². The maximum Gasteiger partial charge on any atom is 0.251 e. The topological polar surface area (TPSA) is 29.1 Å². The highest BCUT2D eigenvalue weighted by Gasteiger charge is 2.64. The van der Waals surface area contributed by atoms with E-state index in [-0.39, 0.29) is 5.91 Å². The molecule has 0 heterocycles. The van der Waals surface area contributed by atoms with Crippen molar-refractivity contribution >= 4 is 21.8 Å². The van der Waals surface area contributed by atoms with Crippen LogP contribution < -0.4 is 5.32 Å². The van der Waals surface area contributed by atoms with Gasteiger partial charge in [0, 0.05) is 16.6 Å². The quantitative estimate of drug-likeness (QED) is 0.888. The number of carbonyl (C=O) groups is 1. The van der Waals surface area contributed by atoms with Gasteiger partial charge in [0.25, 0.3) is 5.91 Å². The van der Waals surface area contributed by atoms with Gasteiger partial charge < -0.3 is 5.32 Å². The van der Waals surface area contributed by atoms with Crippen LogP contribution in [0.15, 0.2) is 22.7 Å². The van der Waals surface area contributed by atoms with E-state index in [0.29, 0.717) is 16.7 Å². The molecule has 19 heavy (non-hydrogen) atoms. The number of carbonyl (C=O) groups excluding carboxylic acids is 1. The fourth-order valence-electron chi connectivity index (χ4n) is 2.99. The van der Waals surface area contributed by atoms with Crippen molar-refractivity contribution in [3.05, 3.63) is 33.8 Å². The molecular weight excluding hydrogens is 302 g/mol. The van der Waals surface area contributed by atoms with Crippen LogP contribution in [-0.2, 0) is 0 Å². The second-order valence-electron chi connectivity index (χ2n) is 6.62. The van der Waals surface area contributed by atoms with Gasteiger partial charge in [0.1, 0.15) is 0 Å². The molecule has 0 atom stereocenters. The Morgan fingerprint density at radius 2 is 1.84 bits per heavy atom. The molecule has 1 aliphatic carbocycles. The van der Waals surface area contributed by atoms with Crippen molar-refractivity contribution in [1.82, 2.24) is 5.32 Å². The lowest BCUT2D eigenvalue weighted by molar-refractivity contribution is 0.0949. The summed E-state index contributed by atoms with van der Waals surface area (Å²) in [6.07, 6.45) is 0. The van der Waals surface area contributed by atoms with Crippen molar-refractivity contribution in [2.24, 2.45) is 16.7 Å². The minimum Gasteiger partial charge on any atom is -0.352 e. The minimum atomic E-state index is 0.0253. The summed E-state index contributed by atoms with van der Waals surface area (Å²) in [5.41, 5.74) is 2.37. The molecule has 1 aromatic carbocycles. The van der Waals surface area contributed by atoms with E-state index in [4.69, 9.17) is 0 Å². The molecule has 0 unspecified atom stereocenters. The van der Waals surface area contributed by atoms with Gasteiger partial charge in [-0.3, -0.25) is 4.79 Å². The summed E-state index contributed by atoms with van der Waals surface area (Å²) in [4.78, 5) is 12.2. The molecule has 104 valence electrons. The van der Waals surface area contributed by atoms with Gasteiger partial charge in [0.15, 0.2) is 0 Å². The summed E-state index contributed by atoms with van der Waals surface area (Å²) in [5, 5.41) is 3.08. The zero-order valence-corrected chi connectivity index (χ0v) is 13.9. The molecular formula is C16H22BrNO. The van der Waals surface area contributed by atoms with Crippen LogP contribution in [0.3, 0.4) is 0 Å². The Morgan fingerprint density at radius 3 is 2.37 bits per heavy atom. The standard InChI is InChI=1S/C16H22BrNO/c1-10-11(7-6-8-12(10)17)14(19)18-9-13-15(2,3)16(13,4)5/h6-8,13H,9H2,1-5H3,(H,18,19). The van der Waals surface area contributed by atoms with E-state index in [2.05, 4.69) is 48.9 Å². The molecule has 3 heteroatoms. The molecule has 0 radical (unpaired) electrons. The molecule has 0 spiro atoms. The average molecular weight is 324 g/mol. The van der Waals surface area contributed by atoms with Gasteiger partial charge in [0.05, 0.1) is 0 Å². The Labute approximate surface area is 124 Å². The molecule has 1 aliphatic rings. The van der Waals surface area contributed by atoms with E-state index in [1.54, 1.807) is 0 Å². The first kappa shape index (κ1) is 14.6. The summed E-state index contributed by atoms with van der Waals surface area (Å²) in [6.45, 7) is 11.8. The third-order valence-corrected chi connectivity index (χ3v) is 6.16. The fourth-order valence-corrected chi connectivity index (χ4v) is 3.35. The zero-order chi connectivity index (χ0) is 14.4. The minimum absolute atomic E-state index is 0.0253. The highest BCUT2D eigenvalue weighted by Crippen LogP contribution is 2.67. The lowest BCUT2D eigenvalue weighted by Crippen LogP contribution is -2.27. The highest BCUT2D eigenvalue weighted by molar-refractivity contribution is 9.10. The van der Waals surface area contributed by atoms with Crippen LogP contribution in [0.1, 0.15) is 43.6 Å². The van der Waals surface area contributed by atoms with Crippen molar-refractivity contribution in [2.45, 2.75) is 34.6 Å². The van der Waals surface area contributed by atoms with Gasteiger partial charge in [0.2, 0.25) is 0 Å². The van der Waals surface area contributed by atoms with Crippen molar-refractivity contribution in [2.75, 3.05) is 6.54 Å². The predicted molar refractivity (Wildman–Crippen MR) is 82.3 cm³/mol. The van der Waals surface area contributed by atoms with Crippen molar-refractivity contribution in [1.29, 1.82) is 0 Å². The third-order valence-electron chi connectivity index (χ3n) is 5.30. The van der Waals surface area contributed by atoms with Crippen LogP contribution in [0.2, 0.25) is 0 Å². The van der Waals surface area contributed by atoms with Crippen molar-refractivity contribution in [3.63, 3.8) is 0 Å². The molecule has 0 bridgehead atoms. The summed E-state index contributed by atoms with van der Waals surface area (Å²) in [6, 6.07) is 5.73. The predicted octanol–water partition coefficient (Wildman–Crippen LogP) is 4.17. The molecule has 1 fully saturated rings. The third kappa shape index (κ3) is 2.33. The van der Waals surface area contributed by atoms with Crippen LogP contribution in [0, 0.1) is 23.7 Å². The smallest absolute Gasteiger partial charge is 0.251 e. The SMILES string of the molecule is Cc1c(Br)cccc1C(=O)NCC1C(C)(C)C1(C)C. The maximum atomic E-state index is 12.2. The van der Waals surface area contributed by atoms with Crippen molar-refractivity contribution < 1.29 is 4.79 Å². The average Bonchev–Trinajstić information content (AvgIpc) is 2.70. The summed E-state index contributed by atoms with van der Waals surface area (Å²) < 4.78 is 0.979. The number of amides is 1. The monoisotopic (exact) mass is 323 g/mol.